The van der Waals surface area contributed by atoms with Crippen LogP contribution in [0.25, 0.3) is 11.0 Å². The molecular formula is C15H14NO6-. The number of carbonyl (C=O) groups is 2. The number of amides is 1. The topological polar surface area (TPSA) is 109 Å². The summed E-state index contributed by atoms with van der Waals surface area (Å²) in [5, 5.41) is 13.5. The molecule has 7 heteroatoms. The first kappa shape index (κ1) is 15.6. The Morgan fingerprint density at radius 3 is 2.77 bits per heavy atom. The van der Waals surface area contributed by atoms with E-state index in [9.17, 15) is 19.5 Å². The van der Waals surface area contributed by atoms with Crippen molar-refractivity contribution >= 4 is 22.8 Å². The molecule has 1 amide bonds. The van der Waals surface area contributed by atoms with Gasteiger partial charge in [-0.15, -0.1) is 0 Å². The third kappa shape index (κ3) is 3.63. The van der Waals surface area contributed by atoms with E-state index in [2.05, 4.69) is 5.32 Å². The number of rotatable bonds is 5. The van der Waals surface area contributed by atoms with Crippen molar-refractivity contribution in [3.05, 3.63) is 40.2 Å². The molecule has 1 N–H and O–H groups in total. The van der Waals surface area contributed by atoms with Crippen LogP contribution in [0.2, 0.25) is 0 Å². The Bertz CT molecular complexity index is 779. The van der Waals surface area contributed by atoms with Gasteiger partial charge in [-0.3, -0.25) is 4.79 Å². The molecule has 0 saturated carbocycles. The monoisotopic (exact) mass is 304 g/mol. The number of fused-ring (bicyclic) bond motifs is 1. The fourth-order valence-electron chi connectivity index (χ4n) is 1.89. The average Bonchev–Trinajstić information content (AvgIpc) is 2.44. The summed E-state index contributed by atoms with van der Waals surface area (Å²) in [7, 11) is 0. The van der Waals surface area contributed by atoms with Crippen LogP contribution in [0, 0.1) is 6.92 Å². The molecule has 1 aromatic heterocycles. The van der Waals surface area contributed by atoms with E-state index in [0.717, 1.165) is 10.9 Å². The van der Waals surface area contributed by atoms with Crippen LogP contribution in [0.1, 0.15) is 12.5 Å². The van der Waals surface area contributed by atoms with E-state index in [4.69, 9.17) is 9.15 Å². The van der Waals surface area contributed by atoms with E-state index in [1.807, 2.05) is 0 Å². The second-order valence-corrected chi connectivity index (χ2v) is 4.80. The molecule has 2 rings (SSSR count). The van der Waals surface area contributed by atoms with E-state index in [1.165, 1.54) is 19.1 Å². The number of aliphatic carboxylic acids is 1. The van der Waals surface area contributed by atoms with Gasteiger partial charge in [0.1, 0.15) is 11.3 Å². The van der Waals surface area contributed by atoms with Gasteiger partial charge in [0.15, 0.2) is 6.61 Å². The van der Waals surface area contributed by atoms with Gasteiger partial charge < -0.3 is 24.4 Å². The lowest BCUT2D eigenvalue weighted by molar-refractivity contribution is -0.307. The molecule has 0 aliphatic carbocycles. The van der Waals surface area contributed by atoms with Crippen molar-refractivity contribution in [3.8, 4) is 5.75 Å². The fourth-order valence-corrected chi connectivity index (χ4v) is 1.89. The summed E-state index contributed by atoms with van der Waals surface area (Å²) in [5.74, 6) is -1.64. The average molecular weight is 304 g/mol. The molecule has 0 fully saturated rings. The number of benzene rings is 1. The molecule has 116 valence electrons. The van der Waals surface area contributed by atoms with Gasteiger partial charge in [-0.2, -0.15) is 0 Å². The molecule has 0 saturated heterocycles. The second-order valence-electron chi connectivity index (χ2n) is 4.80. The summed E-state index contributed by atoms with van der Waals surface area (Å²) in [5.41, 5.74) is 0.659. The highest BCUT2D eigenvalue weighted by molar-refractivity contribution is 5.84. The van der Waals surface area contributed by atoms with E-state index >= 15 is 0 Å². The van der Waals surface area contributed by atoms with Gasteiger partial charge in [-0.1, -0.05) is 0 Å². The van der Waals surface area contributed by atoms with Gasteiger partial charge in [-0.25, -0.2) is 4.79 Å². The Hall–Kier alpha value is -2.83. The predicted molar refractivity (Wildman–Crippen MR) is 75.3 cm³/mol. The minimum Gasteiger partial charge on any atom is -0.548 e. The van der Waals surface area contributed by atoms with Crippen molar-refractivity contribution in [1.29, 1.82) is 0 Å². The normalized spacial score (nSPS) is 11.9. The van der Waals surface area contributed by atoms with Crippen molar-refractivity contribution in [1.82, 2.24) is 5.32 Å². The summed E-state index contributed by atoms with van der Waals surface area (Å²) in [6.07, 6.45) is 0. The van der Waals surface area contributed by atoms with Crippen LogP contribution in [-0.4, -0.2) is 24.5 Å². The third-order valence-corrected chi connectivity index (χ3v) is 3.02. The van der Waals surface area contributed by atoms with Crippen molar-refractivity contribution < 1.29 is 23.8 Å². The SMILES string of the molecule is Cc1cc(=O)oc2cc(OCC(=O)N[C@@H](C)C(=O)[O-])ccc12. The molecular weight excluding hydrogens is 290 g/mol. The zero-order valence-electron chi connectivity index (χ0n) is 12.0. The summed E-state index contributed by atoms with van der Waals surface area (Å²) in [6.45, 7) is 2.72. The van der Waals surface area contributed by atoms with Crippen molar-refractivity contribution in [2.24, 2.45) is 0 Å². The first-order chi connectivity index (χ1) is 10.4. The Morgan fingerprint density at radius 2 is 2.09 bits per heavy atom. The lowest BCUT2D eigenvalue weighted by atomic mass is 10.1. The van der Waals surface area contributed by atoms with Crippen LogP contribution in [0.15, 0.2) is 33.5 Å². The maximum atomic E-state index is 11.5. The zero-order valence-corrected chi connectivity index (χ0v) is 12.0. The zero-order chi connectivity index (χ0) is 16.3. The van der Waals surface area contributed by atoms with Crippen LogP contribution in [-0.2, 0) is 9.59 Å². The van der Waals surface area contributed by atoms with Crippen molar-refractivity contribution in [2.45, 2.75) is 19.9 Å². The van der Waals surface area contributed by atoms with Gasteiger partial charge in [0.25, 0.3) is 5.91 Å². The predicted octanol–water partition coefficient (Wildman–Crippen LogP) is -0.265. The van der Waals surface area contributed by atoms with Gasteiger partial charge in [0.2, 0.25) is 0 Å². The van der Waals surface area contributed by atoms with Crippen LogP contribution in [0.3, 0.4) is 0 Å². The number of hydrogen-bond acceptors (Lipinski definition) is 6. The van der Waals surface area contributed by atoms with E-state index < -0.39 is 23.5 Å². The molecule has 2 aromatic rings. The quantitative estimate of drug-likeness (QED) is 0.762. The van der Waals surface area contributed by atoms with E-state index in [-0.39, 0.29) is 6.61 Å². The number of nitrogens with one attached hydrogen (secondary N) is 1. The summed E-state index contributed by atoms with van der Waals surface area (Å²) in [6, 6.07) is 5.13. The third-order valence-electron chi connectivity index (χ3n) is 3.02. The number of carboxylic acid groups (broad SMARTS) is 1. The Balaban J connectivity index is 2.08. The fraction of sp³-hybridized carbons (Fsp3) is 0.267. The largest absolute Gasteiger partial charge is 0.548 e. The molecule has 1 aromatic carbocycles. The van der Waals surface area contributed by atoms with Crippen LogP contribution in [0.5, 0.6) is 5.75 Å². The smallest absolute Gasteiger partial charge is 0.336 e. The lowest BCUT2D eigenvalue weighted by Gasteiger charge is -2.14. The first-order valence-electron chi connectivity index (χ1n) is 6.54. The van der Waals surface area contributed by atoms with Gasteiger partial charge in [0.05, 0.1) is 12.0 Å². The van der Waals surface area contributed by atoms with Gasteiger partial charge in [0, 0.05) is 17.5 Å². The molecule has 1 atom stereocenters. The van der Waals surface area contributed by atoms with Crippen molar-refractivity contribution in [2.75, 3.05) is 6.61 Å². The molecule has 22 heavy (non-hydrogen) atoms. The maximum Gasteiger partial charge on any atom is 0.336 e. The lowest BCUT2D eigenvalue weighted by Crippen LogP contribution is -2.47. The van der Waals surface area contributed by atoms with Crippen LogP contribution in [0.4, 0.5) is 0 Å². The molecule has 0 bridgehead atoms. The maximum absolute atomic E-state index is 11.5. The highest BCUT2D eigenvalue weighted by atomic mass is 16.5. The Morgan fingerprint density at radius 1 is 1.36 bits per heavy atom. The number of hydrogen-bond donors (Lipinski definition) is 1. The standard InChI is InChI=1S/C15H15NO6/c1-8-5-14(18)22-12-6-10(3-4-11(8)12)21-7-13(17)16-9(2)15(19)20/h3-6,9H,7H2,1-2H3,(H,16,17)(H,19,20)/p-1/t9-/m0/s1. The van der Waals surface area contributed by atoms with Crippen LogP contribution >= 0.6 is 0 Å². The highest BCUT2D eigenvalue weighted by Crippen LogP contribution is 2.22. The van der Waals surface area contributed by atoms with E-state index in [0.29, 0.717) is 11.3 Å². The highest BCUT2D eigenvalue weighted by Gasteiger charge is 2.09. The number of aryl methyl sites for hydroxylation is 1. The minimum atomic E-state index is -1.38. The Labute approximate surface area is 125 Å². The van der Waals surface area contributed by atoms with Gasteiger partial charge in [-0.05, 0) is 31.5 Å². The number of ether oxygens (including phenoxy) is 1. The summed E-state index contributed by atoms with van der Waals surface area (Å²) < 4.78 is 10.3. The Kier molecular flexibility index (Phi) is 4.45. The summed E-state index contributed by atoms with van der Waals surface area (Å²) in [4.78, 5) is 33.3. The second kappa shape index (κ2) is 6.30. The molecule has 0 aliphatic rings. The van der Waals surface area contributed by atoms with E-state index in [1.54, 1.807) is 19.1 Å². The van der Waals surface area contributed by atoms with Crippen molar-refractivity contribution in [3.63, 3.8) is 0 Å². The summed E-state index contributed by atoms with van der Waals surface area (Å²) >= 11 is 0. The minimum absolute atomic E-state index is 0.331. The number of carboxylic acids is 1. The first-order valence-corrected chi connectivity index (χ1v) is 6.54. The molecule has 0 spiro atoms. The molecule has 1 heterocycles. The van der Waals surface area contributed by atoms with Gasteiger partial charge >= 0.3 is 5.63 Å². The number of carbonyl (C=O) groups excluding carboxylic acids is 2. The molecule has 0 radical (unpaired) electrons. The molecule has 0 aliphatic heterocycles. The molecule has 7 nitrogen and oxygen atoms in total. The van der Waals surface area contributed by atoms with Crippen LogP contribution < -0.4 is 20.8 Å². The molecule has 0 unspecified atom stereocenters.